The predicted molar refractivity (Wildman–Crippen MR) is 73.5 cm³/mol. The zero-order chi connectivity index (χ0) is 13.9. The summed E-state index contributed by atoms with van der Waals surface area (Å²) in [6.07, 6.45) is 2.73. The molecule has 0 aliphatic rings. The number of nitrogens with one attached hydrogen (secondary N) is 1. The van der Waals surface area contributed by atoms with Crippen LogP contribution in [-0.2, 0) is 10.0 Å². The summed E-state index contributed by atoms with van der Waals surface area (Å²) in [4.78, 5) is 7.89. The Balaban J connectivity index is 2.29. The average molecular weight is 344 g/mol. The lowest BCUT2D eigenvalue weighted by Gasteiger charge is -2.08. The summed E-state index contributed by atoms with van der Waals surface area (Å²) in [6.45, 7) is 0. The number of methoxy groups -OCH3 is 1. The fraction of sp³-hybridized carbons (Fsp3) is 0.0909. The van der Waals surface area contributed by atoms with Crippen molar-refractivity contribution in [1.82, 2.24) is 9.97 Å². The molecule has 0 amide bonds. The van der Waals surface area contributed by atoms with Crippen LogP contribution >= 0.6 is 15.9 Å². The largest absolute Gasteiger partial charge is 0.497 e. The molecule has 6 nitrogen and oxygen atoms in total. The first-order valence-corrected chi connectivity index (χ1v) is 7.43. The Kier molecular flexibility index (Phi) is 4.01. The van der Waals surface area contributed by atoms with E-state index in [0.29, 0.717) is 10.4 Å². The Morgan fingerprint density at radius 3 is 2.68 bits per heavy atom. The molecule has 0 saturated heterocycles. The van der Waals surface area contributed by atoms with Crippen LogP contribution < -0.4 is 9.46 Å². The standard InChI is InChI=1S/C11H10BrN3O3S/c1-18-8-3-2-4-9(5-8)19(16,17)15-11-7-13-10(12)6-14-11/h2-7H,1H3,(H,14,15). The van der Waals surface area contributed by atoms with Crippen molar-refractivity contribution in [2.75, 3.05) is 11.8 Å². The zero-order valence-electron chi connectivity index (χ0n) is 9.87. The highest BCUT2D eigenvalue weighted by Gasteiger charge is 2.15. The highest BCUT2D eigenvalue weighted by molar-refractivity contribution is 9.10. The topological polar surface area (TPSA) is 81.2 Å². The molecule has 1 aromatic carbocycles. The number of nitrogens with zero attached hydrogens (tertiary/aromatic N) is 2. The van der Waals surface area contributed by atoms with Gasteiger partial charge in [-0.1, -0.05) is 6.07 Å². The van der Waals surface area contributed by atoms with Crippen molar-refractivity contribution in [3.63, 3.8) is 0 Å². The molecule has 8 heteroatoms. The van der Waals surface area contributed by atoms with E-state index >= 15 is 0 Å². The lowest BCUT2D eigenvalue weighted by molar-refractivity contribution is 0.413. The van der Waals surface area contributed by atoms with Crippen LogP contribution in [0.3, 0.4) is 0 Å². The van der Waals surface area contributed by atoms with Crippen LogP contribution in [0.4, 0.5) is 5.82 Å². The summed E-state index contributed by atoms with van der Waals surface area (Å²) >= 11 is 3.12. The molecule has 1 heterocycles. The van der Waals surface area contributed by atoms with Crippen molar-refractivity contribution < 1.29 is 13.2 Å². The molecular weight excluding hydrogens is 334 g/mol. The van der Waals surface area contributed by atoms with Gasteiger partial charge < -0.3 is 4.74 Å². The van der Waals surface area contributed by atoms with Crippen molar-refractivity contribution >= 4 is 31.8 Å². The van der Waals surface area contributed by atoms with Crippen molar-refractivity contribution in [1.29, 1.82) is 0 Å². The molecule has 0 aliphatic heterocycles. The molecule has 2 rings (SSSR count). The van der Waals surface area contributed by atoms with Gasteiger partial charge in [0.25, 0.3) is 10.0 Å². The Bertz CT molecular complexity index is 674. The van der Waals surface area contributed by atoms with Crippen LogP contribution in [0.5, 0.6) is 5.75 Å². The highest BCUT2D eigenvalue weighted by atomic mass is 79.9. The lowest BCUT2D eigenvalue weighted by Crippen LogP contribution is -2.14. The number of hydrogen-bond acceptors (Lipinski definition) is 5. The maximum absolute atomic E-state index is 12.1. The molecule has 0 aliphatic carbocycles. The third kappa shape index (κ3) is 3.42. The summed E-state index contributed by atoms with van der Waals surface area (Å²) < 4.78 is 32.1. The van der Waals surface area contributed by atoms with E-state index in [1.165, 1.54) is 31.6 Å². The van der Waals surface area contributed by atoms with E-state index in [2.05, 4.69) is 30.6 Å². The third-order valence-corrected chi connectivity index (χ3v) is 3.97. The van der Waals surface area contributed by atoms with Crippen LogP contribution in [0, 0.1) is 0 Å². The number of ether oxygens (including phenoxy) is 1. The first kappa shape index (κ1) is 13.8. The number of benzene rings is 1. The SMILES string of the molecule is COc1cccc(S(=O)(=O)Nc2cnc(Br)cn2)c1. The van der Waals surface area contributed by atoms with Gasteiger partial charge in [0.15, 0.2) is 5.82 Å². The van der Waals surface area contributed by atoms with Gasteiger partial charge in [0.05, 0.1) is 24.4 Å². The molecule has 1 aromatic heterocycles. The van der Waals surface area contributed by atoms with Gasteiger partial charge in [-0.2, -0.15) is 0 Å². The summed E-state index contributed by atoms with van der Waals surface area (Å²) in [6, 6.07) is 6.16. The lowest BCUT2D eigenvalue weighted by atomic mass is 10.3. The molecule has 0 bridgehead atoms. The minimum atomic E-state index is -3.71. The van der Waals surface area contributed by atoms with Gasteiger partial charge in [0.2, 0.25) is 0 Å². The molecule has 1 N–H and O–H groups in total. The molecular formula is C11H10BrN3O3S. The van der Waals surface area contributed by atoms with E-state index in [-0.39, 0.29) is 10.7 Å². The second kappa shape index (κ2) is 5.54. The van der Waals surface area contributed by atoms with Crippen LogP contribution in [0.1, 0.15) is 0 Å². The second-order valence-corrected chi connectivity index (χ2v) is 6.00. The van der Waals surface area contributed by atoms with E-state index in [4.69, 9.17) is 4.74 Å². The van der Waals surface area contributed by atoms with Gasteiger partial charge in [-0.05, 0) is 28.1 Å². The molecule has 0 saturated carbocycles. The van der Waals surface area contributed by atoms with Crippen LogP contribution in [0.15, 0.2) is 46.2 Å². The second-order valence-electron chi connectivity index (χ2n) is 3.51. The number of halogens is 1. The maximum atomic E-state index is 12.1. The first-order valence-electron chi connectivity index (χ1n) is 5.16. The molecule has 100 valence electrons. The fourth-order valence-corrected chi connectivity index (χ4v) is 2.56. The zero-order valence-corrected chi connectivity index (χ0v) is 12.3. The molecule has 2 aromatic rings. The monoisotopic (exact) mass is 343 g/mol. The fourth-order valence-electron chi connectivity index (χ4n) is 1.33. The molecule has 0 radical (unpaired) electrons. The van der Waals surface area contributed by atoms with Gasteiger partial charge in [0, 0.05) is 6.07 Å². The predicted octanol–water partition coefficient (Wildman–Crippen LogP) is 2.05. The van der Waals surface area contributed by atoms with E-state index in [1.807, 2.05) is 0 Å². The van der Waals surface area contributed by atoms with E-state index in [9.17, 15) is 8.42 Å². The van der Waals surface area contributed by atoms with Gasteiger partial charge in [-0.3, -0.25) is 4.72 Å². The van der Waals surface area contributed by atoms with E-state index in [0.717, 1.165) is 0 Å². The summed E-state index contributed by atoms with van der Waals surface area (Å²) in [5, 5.41) is 0. The molecule has 0 unspecified atom stereocenters. The maximum Gasteiger partial charge on any atom is 0.263 e. The average Bonchev–Trinajstić information content (AvgIpc) is 2.41. The Labute approximate surface area is 119 Å². The smallest absolute Gasteiger partial charge is 0.263 e. The minimum absolute atomic E-state index is 0.0940. The molecule has 19 heavy (non-hydrogen) atoms. The van der Waals surface area contributed by atoms with E-state index in [1.54, 1.807) is 12.1 Å². The Morgan fingerprint density at radius 2 is 2.05 bits per heavy atom. The Hall–Kier alpha value is -1.67. The minimum Gasteiger partial charge on any atom is -0.497 e. The first-order chi connectivity index (χ1) is 9.01. The molecule has 0 atom stereocenters. The van der Waals surface area contributed by atoms with Crippen molar-refractivity contribution in [2.24, 2.45) is 0 Å². The van der Waals surface area contributed by atoms with Crippen molar-refractivity contribution in [3.8, 4) is 5.75 Å². The Morgan fingerprint density at radius 1 is 1.26 bits per heavy atom. The van der Waals surface area contributed by atoms with Gasteiger partial charge >= 0.3 is 0 Å². The van der Waals surface area contributed by atoms with Crippen LogP contribution in [0.25, 0.3) is 0 Å². The molecule has 0 spiro atoms. The summed E-state index contributed by atoms with van der Waals surface area (Å²) in [5.41, 5.74) is 0. The van der Waals surface area contributed by atoms with Crippen LogP contribution in [-0.4, -0.2) is 25.5 Å². The quantitative estimate of drug-likeness (QED) is 0.918. The number of rotatable bonds is 4. The third-order valence-electron chi connectivity index (χ3n) is 2.21. The van der Waals surface area contributed by atoms with Gasteiger partial charge in [0.1, 0.15) is 10.4 Å². The number of sulfonamides is 1. The number of aromatic nitrogens is 2. The van der Waals surface area contributed by atoms with Crippen molar-refractivity contribution in [3.05, 3.63) is 41.3 Å². The summed E-state index contributed by atoms with van der Waals surface area (Å²) in [7, 11) is -2.23. The number of hydrogen-bond donors (Lipinski definition) is 1. The van der Waals surface area contributed by atoms with E-state index < -0.39 is 10.0 Å². The normalized spacial score (nSPS) is 11.1. The van der Waals surface area contributed by atoms with Crippen molar-refractivity contribution in [2.45, 2.75) is 4.90 Å². The van der Waals surface area contributed by atoms with Gasteiger partial charge in [-0.15, -0.1) is 0 Å². The summed E-state index contributed by atoms with van der Waals surface area (Å²) in [5.74, 6) is 0.607. The van der Waals surface area contributed by atoms with Crippen LogP contribution in [0.2, 0.25) is 0 Å². The highest BCUT2D eigenvalue weighted by Crippen LogP contribution is 2.19. The van der Waals surface area contributed by atoms with Gasteiger partial charge in [-0.25, -0.2) is 18.4 Å². The molecule has 0 fully saturated rings. The number of anilines is 1.